The SMILES string of the molecule is CS(=O)(=O)NC(=O)c1ccc(COc2cnccc2C=O)nc1.O=C(O)C(F)(F)F. The van der Waals surface area contributed by atoms with Gasteiger partial charge in [0.05, 0.1) is 29.3 Å². The zero-order chi connectivity index (χ0) is 22.9. The Hall–Kier alpha value is -3.55. The van der Waals surface area contributed by atoms with Crippen molar-refractivity contribution >= 4 is 28.2 Å². The highest BCUT2D eigenvalue weighted by Gasteiger charge is 2.38. The van der Waals surface area contributed by atoms with E-state index >= 15 is 0 Å². The van der Waals surface area contributed by atoms with Crippen LogP contribution in [0, 0.1) is 0 Å². The van der Waals surface area contributed by atoms with E-state index in [1.165, 1.54) is 36.8 Å². The van der Waals surface area contributed by atoms with Crippen molar-refractivity contribution in [1.82, 2.24) is 14.7 Å². The Morgan fingerprint density at radius 1 is 1.23 bits per heavy atom. The van der Waals surface area contributed by atoms with Gasteiger partial charge in [-0.25, -0.2) is 17.9 Å². The van der Waals surface area contributed by atoms with Gasteiger partial charge in [0.25, 0.3) is 5.91 Å². The van der Waals surface area contributed by atoms with Crippen molar-refractivity contribution < 1.29 is 45.8 Å². The van der Waals surface area contributed by atoms with Crippen molar-refractivity contribution in [3.63, 3.8) is 0 Å². The lowest BCUT2D eigenvalue weighted by molar-refractivity contribution is -0.192. The molecule has 0 radical (unpaired) electrons. The summed E-state index contributed by atoms with van der Waals surface area (Å²) in [6, 6.07) is 4.47. The van der Waals surface area contributed by atoms with Gasteiger partial charge < -0.3 is 9.84 Å². The molecule has 0 atom stereocenters. The maximum Gasteiger partial charge on any atom is 0.490 e. The summed E-state index contributed by atoms with van der Waals surface area (Å²) in [6.07, 6.45) is 0.590. The van der Waals surface area contributed by atoms with E-state index in [1.807, 2.05) is 4.72 Å². The number of aliphatic carboxylic acids is 1. The summed E-state index contributed by atoms with van der Waals surface area (Å²) in [7, 11) is -3.63. The van der Waals surface area contributed by atoms with Gasteiger partial charge in [0.2, 0.25) is 10.0 Å². The molecule has 0 aliphatic heterocycles. The molecule has 0 aromatic carbocycles. The predicted molar refractivity (Wildman–Crippen MR) is 94.2 cm³/mol. The van der Waals surface area contributed by atoms with Crippen molar-refractivity contribution in [2.75, 3.05) is 6.26 Å². The lowest BCUT2D eigenvalue weighted by Gasteiger charge is -2.07. The van der Waals surface area contributed by atoms with Gasteiger partial charge in [0.1, 0.15) is 12.4 Å². The predicted octanol–water partition coefficient (Wildman–Crippen LogP) is 1.19. The largest absolute Gasteiger partial charge is 0.490 e. The number of amides is 1. The van der Waals surface area contributed by atoms with E-state index in [9.17, 15) is 31.2 Å². The highest BCUT2D eigenvalue weighted by Crippen LogP contribution is 2.15. The Morgan fingerprint density at radius 3 is 2.33 bits per heavy atom. The maximum atomic E-state index is 11.6. The molecule has 0 fully saturated rings. The number of rotatable bonds is 6. The Balaban J connectivity index is 0.000000553. The van der Waals surface area contributed by atoms with Crippen LogP contribution >= 0.6 is 0 Å². The zero-order valence-electron chi connectivity index (χ0n) is 15.1. The Bertz CT molecular complexity index is 1010. The lowest BCUT2D eigenvalue weighted by Crippen LogP contribution is -2.29. The van der Waals surface area contributed by atoms with Gasteiger partial charge in [0, 0.05) is 12.4 Å². The van der Waals surface area contributed by atoms with Crippen LogP contribution in [0.2, 0.25) is 0 Å². The quantitative estimate of drug-likeness (QED) is 0.619. The Labute approximate surface area is 167 Å². The smallest absolute Gasteiger partial charge is 0.485 e. The molecule has 2 N–H and O–H groups in total. The van der Waals surface area contributed by atoms with E-state index in [4.69, 9.17) is 14.6 Å². The number of ether oxygens (including phenoxy) is 1. The Morgan fingerprint density at radius 2 is 1.87 bits per heavy atom. The van der Waals surface area contributed by atoms with Crippen molar-refractivity contribution in [3.8, 4) is 5.75 Å². The summed E-state index contributed by atoms with van der Waals surface area (Å²) < 4.78 is 61.0. The summed E-state index contributed by atoms with van der Waals surface area (Å²) in [6.45, 7) is 0.0699. The number of alkyl halides is 3. The first-order valence-electron chi connectivity index (χ1n) is 7.62. The molecule has 162 valence electrons. The number of hydrogen-bond acceptors (Lipinski definition) is 8. The molecule has 30 heavy (non-hydrogen) atoms. The number of pyridine rings is 2. The fourth-order valence-corrected chi connectivity index (χ4v) is 2.09. The first-order valence-corrected chi connectivity index (χ1v) is 9.51. The van der Waals surface area contributed by atoms with E-state index in [0.29, 0.717) is 23.3 Å². The molecule has 0 saturated heterocycles. The van der Waals surface area contributed by atoms with Gasteiger partial charge in [-0.05, 0) is 18.2 Å². The number of halogens is 3. The summed E-state index contributed by atoms with van der Waals surface area (Å²) >= 11 is 0. The first-order chi connectivity index (χ1) is 13.8. The topological polar surface area (TPSA) is 153 Å². The second-order valence-corrected chi connectivity index (χ2v) is 7.11. The normalized spacial score (nSPS) is 10.9. The minimum Gasteiger partial charge on any atom is -0.485 e. The molecule has 0 aliphatic carbocycles. The number of hydrogen-bond donors (Lipinski definition) is 2. The second-order valence-electron chi connectivity index (χ2n) is 5.36. The number of sulfonamides is 1. The van der Waals surface area contributed by atoms with E-state index in [1.54, 1.807) is 0 Å². The summed E-state index contributed by atoms with van der Waals surface area (Å²) in [5, 5.41) is 7.12. The van der Waals surface area contributed by atoms with E-state index in [2.05, 4.69) is 9.97 Å². The maximum absolute atomic E-state index is 11.6. The fraction of sp³-hybridized carbons (Fsp3) is 0.188. The van der Waals surface area contributed by atoms with E-state index in [0.717, 1.165) is 6.26 Å². The van der Waals surface area contributed by atoms with Crippen LogP contribution in [-0.4, -0.2) is 54.1 Å². The fourth-order valence-electron chi connectivity index (χ4n) is 1.63. The molecule has 0 bridgehead atoms. The number of aldehydes is 1. The molecule has 2 heterocycles. The van der Waals surface area contributed by atoms with Crippen LogP contribution in [0.1, 0.15) is 26.4 Å². The number of aromatic nitrogens is 2. The van der Waals surface area contributed by atoms with Crippen LogP contribution in [0.25, 0.3) is 0 Å². The van der Waals surface area contributed by atoms with E-state index < -0.39 is 28.1 Å². The molecule has 14 heteroatoms. The number of carbonyl (C=O) groups excluding carboxylic acids is 2. The van der Waals surface area contributed by atoms with Crippen LogP contribution in [-0.2, 0) is 21.4 Å². The first kappa shape index (κ1) is 24.5. The van der Waals surface area contributed by atoms with Gasteiger partial charge in [-0.3, -0.25) is 19.6 Å². The highest BCUT2D eigenvalue weighted by molar-refractivity contribution is 7.89. The summed E-state index contributed by atoms with van der Waals surface area (Å²) in [5.74, 6) is -3.20. The molecular formula is C16H14F3N3O7S. The third-order valence-electron chi connectivity index (χ3n) is 2.93. The van der Waals surface area contributed by atoms with Gasteiger partial charge in [-0.2, -0.15) is 13.2 Å². The second kappa shape index (κ2) is 10.3. The molecule has 10 nitrogen and oxygen atoms in total. The van der Waals surface area contributed by atoms with Crippen molar-refractivity contribution in [1.29, 1.82) is 0 Å². The standard InChI is InChI=1S/C14H13N3O5S.C2HF3O2/c1-23(20,21)17-14(19)10-2-3-12(16-6-10)9-22-13-7-15-5-4-11(13)8-18;3-2(4,5)1(6)7/h2-8H,9H2,1H3,(H,17,19);(H,6,7). The van der Waals surface area contributed by atoms with Crippen molar-refractivity contribution in [2.45, 2.75) is 12.8 Å². The number of carbonyl (C=O) groups is 3. The number of nitrogens with one attached hydrogen (secondary N) is 1. The zero-order valence-corrected chi connectivity index (χ0v) is 15.9. The van der Waals surface area contributed by atoms with Gasteiger partial charge in [-0.1, -0.05) is 0 Å². The molecule has 0 saturated carbocycles. The molecule has 0 aliphatic rings. The summed E-state index contributed by atoms with van der Waals surface area (Å²) in [4.78, 5) is 39.3. The molecule has 1 amide bonds. The van der Waals surface area contributed by atoms with Gasteiger partial charge in [-0.15, -0.1) is 0 Å². The molecular weight excluding hydrogens is 435 g/mol. The lowest BCUT2D eigenvalue weighted by atomic mass is 10.2. The number of carboxylic acid groups (broad SMARTS) is 1. The Kier molecular flexibility index (Phi) is 8.40. The minimum atomic E-state index is -5.08. The van der Waals surface area contributed by atoms with Crippen molar-refractivity contribution in [3.05, 3.63) is 53.6 Å². The van der Waals surface area contributed by atoms with Gasteiger partial charge >= 0.3 is 12.1 Å². The van der Waals surface area contributed by atoms with Crippen LogP contribution in [0.5, 0.6) is 5.75 Å². The number of carboxylic acids is 1. The number of nitrogens with zero attached hydrogens (tertiary/aromatic N) is 2. The molecule has 0 spiro atoms. The average molecular weight is 449 g/mol. The van der Waals surface area contributed by atoms with Crippen LogP contribution in [0.4, 0.5) is 13.2 Å². The van der Waals surface area contributed by atoms with Crippen LogP contribution < -0.4 is 9.46 Å². The third-order valence-corrected chi connectivity index (χ3v) is 3.48. The molecule has 2 rings (SSSR count). The third kappa shape index (κ3) is 8.64. The molecule has 2 aromatic heterocycles. The van der Waals surface area contributed by atoms with E-state index in [-0.39, 0.29) is 12.2 Å². The van der Waals surface area contributed by atoms with Crippen LogP contribution in [0.3, 0.4) is 0 Å². The monoisotopic (exact) mass is 449 g/mol. The van der Waals surface area contributed by atoms with Crippen LogP contribution in [0.15, 0.2) is 36.8 Å². The molecule has 0 unspecified atom stereocenters. The minimum absolute atomic E-state index is 0.0699. The van der Waals surface area contributed by atoms with Crippen molar-refractivity contribution in [2.24, 2.45) is 0 Å². The highest BCUT2D eigenvalue weighted by atomic mass is 32.2. The average Bonchev–Trinajstić information content (AvgIpc) is 2.65. The van der Waals surface area contributed by atoms with Gasteiger partial charge in [0.15, 0.2) is 6.29 Å². The molecule has 2 aromatic rings. The summed E-state index contributed by atoms with van der Waals surface area (Å²) in [5.41, 5.74) is 0.972.